The molecule has 0 aliphatic carbocycles. The first-order valence-electron chi connectivity index (χ1n) is 12.4. The molecule has 7 heteroatoms. The summed E-state index contributed by atoms with van der Waals surface area (Å²) in [6.45, 7) is 9.16. The van der Waals surface area contributed by atoms with Gasteiger partial charge >= 0.3 is 0 Å². The van der Waals surface area contributed by atoms with Crippen LogP contribution in [0.5, 0.6) is 11.5 Å². The van der Waals surface area contributed by atoms with Crippen molar-refractivity contribution < 1.29 is 14.3 Å². The van der Waals surface area contributed by atoms with Crippen LogP contribution in [-0.4, -0.2) is 42.2 Å². The molecule has 35 heavy (non-hydrogen) atoms. The van der Waals surface area contributed by atoms with Gasteiger partial charge in [-0.3, -0.25) is 4.79 Å². The normalized spacial score (nSPS) is 14.0. The summed E-state index contributed by atoms with van der Waals surface area (Å²) >= 11 is 0. The third kappa shape index (κ3) is 6.29. The number of hydrogen-bond acceptors (Lipinski definition) is 6. The summed E-state index contributed by atoms with van der Waals surface area (Å²) in [5, 5.41) is 3.10. The van der Waals surface area contributed by atoms with E-state index >= 15 is 0 Å². The average Bonchev–Trinajstić information content (AvgIpc) is 2.89. The first-order valence-corrected chi connectivity index (χ1v) is 12.4. The molecule has 0 unspecified atom stereocenters. The van der Waals surface area contributed by atoms with E-state index in [9.17, 15) is 4.79 Å². The van der Waals surface area contributed by atoms with E-state index in [-0.39, 0.29) is 11.8 Å². The van der Waals surface area contributed by atoms with Crippen LogP contribution in [0.3, 0.4) is 0 Å². The van der Waals surface area contributed by atoms with Gasteiger partial charge in [-0.05, 0) is 51.3 Å². The zero-order chi connectivity index (χ0) is 24.6. The Morgan fingerprint density at radius 1 is 0.971 bits per heavy atom. The Kier molecular flexibility index (Phi) is 8.19. The second-order valence-corrected chi connectivity index (χ2v) is 8.75. The van der Waals surface area contributed by atoms with Crippen molar-refractivity contribution in [2.75, 3.05) is 31.2 Å². The Bertz CT molecular complexity index is 1130. The average molecular weight is 475 g/mol. The van der Waals surface area contributed by atoms with Crippen molar-refractivity contribution in [2.45, 2.75) is 40.2 Å². The summed E-state index contributed by atoms with van der Waals surface area (Å²) in [6, 6.07) is 16.2. The van der Waals surface area contributed by atoms with Gasteiger partial charge in [0.2, 0.25) is 5.91 Å². The fourth-order valence-corrected chi connectivity index (χ4v) is 4.31. The van der Waals surface area contributed by atoms with Gasteiger partial charge < -0.3 is 19.7 Å². The number of benzene rings is 2. The lowest BCUT2D eigenvalue weighted by Crippen LogP contribution is -2.40. The number of carbonyl (C=O) groups is 1. The molecule has 184 valence electrons. The van der Waals surface area contributed by atoms with Gasteiger partial charge in [-0.2, -0.15) is 0 Å². The lowest BCUT2D eigenvalue weighted by Gasteiger charge is -2.32. The summed E-state index contributed by atoms with van der Waals surface area (Å²) in [6.07, 6.45) is 3.21. The minimum absolute atomic E-state index is 0.00119. The Morgan fingerprint density at radius 2 is 1.69 bits per heavy atom. The van der Waals surface area contributed by atoms with Crippen LogP contribution >= 0.6 is 0 Å². The molecule has 0 bridgehead atoms. The molecule has 4 rings (SSSR count). The topological polar surface area (TPSA) is 76.6 Å². The Morgan fingerprint density at radius 3 is 2.40 bits per heavy atom. The number of rotatable bonds is 9. The first-order chi connectivity index (χ1) is 17.1. The zero-order valence-corrected chi connectivity index (χ0v) is 20.8. The molecule has 1 amide bonds. The maximum absolute atomic E-state index is 12.9. The minimum Gasteiger partial charge on any atom is -0.490 e. The van der Waals surface area contributed by atoms with Crippen molar-refractivity contribution in [1.82, 2.24) is 15.3 Å². The molecule has 0 radical (unpaired) electrons. The standard InChI is InChI=1S/C28H34N4O3/c1-4-34-25-11-8-21(16-26(25)35-5-2)18-29-28(33)23-12-14-32(15-13-23)27-17-24(30-19-31-27)22-9-6-20(3)7-10-22/h6-11,16-17,19,23H,4-5,12-15,18H2,1-3H3,(H,29,33). The quantitative estimate of drug-likeness (QED) is 0.481. The monoisotopic (exact) mass is 474 g/mol. The molecular formula is C28H34N4O3. The predicted molar refractivity (Wildman–Crippen MR) is 138 cm³/mol. The Hall–Kier alpha value is -3.61. The van der Waals surface area contributed by atoms with Crippen molar-refractivity contribution in [1.29, 1.82) is 0 Å². The highest BCUT2D eigenvalue weighted by atomic mass is 16.5. The number of ether oxygens (including phenoxy) is 2. The summed E-state index contributed by atoms with van der Waals surface area (Å²) in [5.41, 5.74) is 4.21. The molecule has 0 atom stereocenters. The molecule has 1 aliphatic rings. The Labute approximate surface area is 207 Å². The number of anilines is 1. The van der Waals surface area contributed by atoms with Crippen LogP contribution in [0.25, 0.3) is 11.3 Å². The van der Waals surface area contributed by atoms with Crippen LogP contribution in [0.4, 0.5) is 5.82 Å². The lowest BCUT2D eigenvalue weighted by molar-refractivity contribution is -0.125. The number of piperidine rings is 1. The zero-order valence-electron chi connectivity index (χ0n) is 20.8. The number of carbonyl (C=O) groups excluding carboxylic acids is 1. The van der Waals surface area contributed by atoms with E-state index in [1.807, 2.05) is 38.1 Å². The van der Waals surface area contributed by atoms with Gasteiger partial charge in [-0.15, -0.1) is 0 Å². The van der Waals surface area contributed by atoms with Crippen molar-refractivity contribution in [3.05, 3.63) is 66.0 Å². The van der Waals surface area contributed by atoms with Crippen molar-refractivity contribution in [2.24, 2.45) is 5.92 Å². The highest BCUT2D eigenvalue weighted by Crippen LogP contribution is 2.29. The molecule has 0 spiro atoms. The van der Waals surface area contributed by atoms with Gasteiger partial charge in [-0.1, -0.05) is 35.9 Å². The fourth-order valence-electron chi connectivity index (χ4n) is 4.31. The largest absolute Gasteiger partial charge is 0.490 e. The van der Waals surface area contributed by atoms with Gasteiger partial charge in [0.25, 0.3) is 0 Å². The maximum Gasteiger partial charge on any atom is 0.223 e. The number of nitrogens with one attached hydrogen (secondary N) is 1. The molecule has 0 saturated carbocycles. The number of hydrogen-bond donors (Lipinski definition) is 1. The van der Waals surface area contributed by atoms with Gasteiger partial charge in [0.05, 0.1) is 18.9 Å². The van der Waals surface area contributed by atoms with E-state index in [2.05, 4.69) is 51.4 Å². The second kappa shape index (κ2) is 11.7. The SMILES string of the molecule is CCOc1ccc(CNC(=O)C2CCN(c3cc(-c4ccc(C)cc4)ncn3)CC2)cc1OCC. The maximum atomic E-state index is 12.9. The van der Waals surface area contributed by atoms with E-state index in [1.165, 1.54) is 5.56 Å². The van der Waals surface area contributed by atoms with E-state index in [0.717, 1.165) is 54.3 Å². The van der Waals surface area contributed by atoms with Gasteiger partial charge in [0.1, 0.15) is 12.1 Å². The molecule has 1 aromatic heterocycles. The number of aromatic nitrogens is 2. The van der Waals surface area contributed by atoms with Crippen LogP contribution < -0.4 is 19.7 Å². The molecule has 2 aromatic carbocycles. The highest BCUT2D eigenvalue weighted by Gasteiger charge is 2.25. The minimum atomic E-state index is -0.00119. The first kappa shape index (κ1) is 24.5. The lowest BCUT2D eigenvalue weighted by atomic mass is 9.95. The fraction of sp³-hybridized carbons (Fsp3) is 0.393. The molecule has 1 aliphatic heterocycles. The van der Waals surface area contributed by atoms with Crippen LogP contribution in [0.2, 0.25) is 0 Å². The van der Waals surface area contributed by atoms with E-state index < -0.39 is 0 Å². The van der Waals surface area contributed by atoms with Crippen LogP contribution in [0, 0.1) is 12.8 Å². The highest BCUT2D eigenvalue weighted by molar-refractivity contribution is 5.79. The van der Waals surface area contributed by atoms with Crippen molar-refractivity contribution in [3.63, 3.8) is 0 Å². The molecule has 1 N–H and O–H groups in total. The summed E-state index contributed by atoms with van der Waals surface area (Å²) < 4.78 is 11.3. The molecule has 1 saturated heterocycles. The van der Waals surface area contributed by atoms with Crippen LogP contribution in [0.15, 0.2) is 54.9 Å². The molecule has 7 nitrogen and oxygen atoms in total. The van der Waals surface area contributed by atoms with Crippen LogP contribution in [0.1, 0.15) is 37.8 Å². The summed E-state index contributed by atoms with van der Waals surface area (Å²) in [4.78, 5) is 24.0. The molecule has 2 heterocycles. The molecular weight excluding hydrogens is 440 g/mol. The third-order valence-corrected chi connectivity index (χ3v) is 6.26. The van der Waals surface area contributed by atoms with E-state index in [1.54, 1.807) is 6.33 Å². The second-order valence-electron chi connectivity index (χ2n) is 8.75. The van der Waals surface area contributed by atoms with Crippen LogP contribution in [-0.2, 0) is 11.3 Å². The molecule has 1 fully saturated rings. The molecule has 3 aromatic rings. The van der Waals surface area contributed by atoms with E-state index in [4.69, 9.17) is 9.47 Å². The van der Waals surface area contributed by atoms with Crippen molar-refractivity contribution >= 4 is 11.7 Å². The number of nitrogens with zero attached hydrogens (tertiary/aromatic N) is 3. The van der Waals surface area contributed by atoms with Gasteiger partial charge in [-0.25, -0.2) is 9.97 Å². The van der Waals surface area contributed by atoms with Gasteiger partial charge in [0.15, 0.2) is 11.5 Å². The summed E-state index contributed by atoms with van der Waals surface area (Å²) in [7, 11) is 0. The van der Waals surface area contributed by atoms with Gasteiger partial charge in [0, 0.05) is 37.2 Å². The van der Waals surface area contributed by atoms with E-state index in [0.29, 0.717) is 25.5 Å². The predicted octanol–water partition coefficient (Wildman–Crippen LogP) is 4.78. The number of aryl methyl sites for hydroxylation is 1. The van der Waals surface area contributed by atoms with Crippen molar-refractivity contribution in [3.8, 4) is 22.8 Å². The Balaban J connectivity index is 1.31. The summed E-state index contributed by atoms with van der Waals surface area (Å²) in [5.74, 6) is 2.45. The smallest absolute Gasteiger partial charge is 0.223 e. The third-order valence-electron chi connectivity index (χ3n) is 6.26. The number of amides is 1.